The fourth-order valence-electron chi connectivity index (χ4n) is 4.23. The third-order valence-electron chi connectivity index (χ3n) is 5.54. The Morgan fingerprint density at radius 1 is 0.929 bits per heavy atom. The lowest BCUT2D eigenvalue weighted by Gasteiger charge is -2.49. The number of rotatable bonds is 11. The number of nitrogens with two attached hydrogens (primary N) is 1. The van der Waals surface area contributed by atoms with Gasteiger partial charge >= 0.3 is 8.56 Å². The molecule has 162 valence electrons. The number of ether oxygens (including phenoxy) is 1. The van der Waals surface area contributed by atoms with Crippen molar-refractivity contribution in [1.29, 1.82) is 0 Å². The van der Waals surface area contributed by atoms with Crippen LogP contribution >= 0.6 is 0 Å². The lowest BCUT2D eigenvalue weighted by atomic mass is 10.1. The van der Waals surface area contributed by atoms with Crippen molar-refractivity contribution in [3.05, 3.63) is 35.9 Å². The first kappa shape index (κ1) is 25.3. The topological polar surface area (TPSA) is 53.7 Å². The van der Waals surface area contributed by atoms with Gasteiger partial charge in [0.15, 0.2) is 0 Å². The summed E-state index contributed by atoms with van der Waals surface area (Å²) in [6, 6.07) is 11.6. The summed E-state index contributed by atoms with van der Waals surface area (Å²) in [5, 5.41) is -0.119. The van der Waals surface area contributed by atoms with Gasteiger partial charge in [-0.1, -0.05) is 50.1 Å². The molecule has 0 amide bonds. The van der Waals surface area contributed by atoms with Crippen LogP contribution in [0.3, 0.4) is 0 Å². The molecule has 1 unspecified atom stereocenters. The number of unbranched alkanes of at least 4 members (excludes halogenated alkanes) is 1. The molecule has 1 saturated heterocycles. The number of hydrogen-bond acceptors (Lipinski definition) is 4. The highest BCUT2D eigenvalue weighted by atomic mass is 28.4. The minimum atomic E-state index is -2.21. The summed E-state index contributed by atoms with van der Waals surface area (Å²) >= 11 is 0. The van der Waals surface area contributed by atoms with E-state index in [1.807, 2.05) is 6.07 Å². The van der Waals surface area contributed by atoms with E-state index in [-0.39, 0.29) is 5.22 Å². The number of benzene rings is 1. The Morgan fingerprint density at radius 3 is 2.14 bits per heavy atom. The Hall–Kier alpha value is -0.723. The van der Waals surface area contributed by atoms with Gasteiger partial charge in [0.1, 0.15) is 5.22 Å². The highest BCUT2D eigenvalue weighted by Crippen LogP contribution is 2.42. The molecule has 5 heteroatoms. The van der Waals surface area contributed by atoms with Crippen molar-refractivity contribution in [3.8, 4) is 0 Å². The Labute approximate surface area is 174 Å². The van der Waals surface area contributed by atoms with Crippen LogP contribution in [0.1, 0.15) is 71.8 Å². The molecule has 1 aliphatic rings. The van der Waals surface area contributed by atoms with Crippen LogP contribution in [0.4, 0.5) is 0 Å². The SMILES string of the molecule is CCOC1(CC)CCCC[Si]1(OCC)OCC.NCCCCc1ccccc1. The zero-order chi connectivity index (χ0) is 20.7. The number of aryl methyl sites for hydroxylation is 1. The molecule has 1 fully saturated rings. The summed E-state index contributed by atoms with van der Waals surface area (Å²) in [4.78, 5) is 0. The van der Waals surface area contributed by atoms with E-state index < -0.39 is 8.56 Å². The van der Waals surface area contributed by atoms with Crippen molar-refractivity contribution in [2.75, 3.05) is 26.4 Å². The second kappa shape index (κ2) is 14.3. The van der Waals surface area contributed by atoms with Gasteiger partial charge in [-0.25, -0.2) is 0 Å². The maximum absolute atomic E-state index is 6.16. The van der Waals surface area contributed by atoms with Gasteiger partial charge in [-0.2, -0.15) is 0 Å². The molecule has 0 spiro atoms. The second-order valence-corrected chi connectivity index (χ2v) is 10.8. The molecule has 1 aliphatic heterocycles. The number of hydrogen-bond donors (Lipinski definition) is 1. The Morgan fingerprint density at radius 2 is 1.61 bits per heavy atom. The van der Waals surface area contributed by atoms with Gasteiger partial charge in [0.2, 0.25) is 0 Å². The molecule has 1 heterocycles. The van der Waals surface area contributed by atoms with E-state index in [0.717, 1.165) is 58.1 Å². The van der Waals surface area contributed by atoms with Gasteiger partial charge in [0.25, 0.3) is 0 Å². The fraction of sp³-hybridized carbons (Fsp3) is 0.739. The predicted octanol–water partition coefficient (Wildman–Crippen LogP) is 5.38. The van der Waals surface area contributed by atoms with Gasteiger partial charge in [-0.05, 0) is 71.0 Å². The molecule has 0 saturated carbocycles. The summed E-state index contributed by atoms with van der Waals surface area (Å²) in [6.07, 6.45) is 8.08. The van der Waals surface area contributed by atoms with Crippen molar-refractivity contribution in [3.63, 3.8) is 0 Å². The molecular formula is C23H43NO3Si. The lowest BCUT2D eigenvalue weighted by molar-refractivity contribution is -0.0426. The van der Waals surface area contributed by atoms with Gasteiger partial charge in [-0.3, -0.25) is 0 Å². The quantitative estimate of drug-likeness (QED) is 0.394. The molecule has 0 radical (unpaired) electrons. The van der Waals surface area contributed by atoms with Crippen LogP contribution in [-0.4, -0.2) is 40.2 Å². The maximum atomic E-state index is 6.16. The van der Waals surface area contributed by atoms with Gasteiger partial charge in [-0.15, -0.1) is 0 Å². The van der Waals surface area contributed by atoms with E-state index in [1.54, 1.807) is 0 Å². The molecule has 4 nitrogen and oxygen atoms in total. The van der Waals surface area contributed by atoms with Crippen LogP contribution in [0.15, 0.2) is 30.3 Å². The molecule has 28 heavy (non-hydrogen) atoms. The molecular weight excluding hydrogens is 366 g/mol. The molecule has 1 atom stereocenters. The van der Waals surface area contributed by atoms with E-state index in [2.05, 4.69) is 52.0 Å². The van der Waals surface area contributed by atoms with Gasteiger partial charge in [0, 0.05) is 19.8 Å². The minimum Gasteiger partial charge on any atom is -0.393 e. The van der Waals surface area contributed by atoms with Crippen LogP contribution in [0, 0.1) is 0 Å². The zero-order valence-electron chi connectivity index (χ0n) is 18.7. The molecule has 2 rings (SSSR count). The van der Waals surface area contributed by atoms with Crippen LogP contribution in [0.5, 0.6) is 0 Å². The summed E-state index contributed by atoms with van der Waals surface area (Å²) < 4.78 is 18.5. The van der Waals surface area contributed by atoms with E-state index in [1.165, 1.54) is 24.8 Å². The van der Waals surface area contributed by atoms with E-state index in [0.29, 0.717) is 0 Å². The maximum Gasteiger partial charge on any atom is 0.371 e. The predicted molar refractivity (Wildman–Crippen MR) is 121 cm³/mol. The normalized spacial score (nSPS) is 21.0. The van der Waals surface area contributed by atoms with E-state index >= 15 is 0 Å². The monoisotopic (exact) mass is 409 g/mol. The molecule has 1 aromatic rings. The fourth-order valence-corrected chi connectivity index (χ4v) is 8.69. The minimum absolute atomic E-state index is 0.119. The standard InChI is InChI=1S/C13H28O3Si.C10H15N/c1-5-13(14-6-2)11-9-10-12-17(13,15-7-3)16-8-4;11-9-5-4-8-10-6-2-1-3-7-10/h5-12H2,1-4H3;1-3,6-7H,4-5,8-9,11H2. The Balaban J connectivity index is 0.000000307. The van der Waals surface area contributed by atoms with Crippen molar-refractivity contribution >= 4 is 8.56 Å². The second-order valence-electron chi connectivity index (χ2n) is 7.34. The Bertz CT molecular complexity index is 484. The largest absolute Gasteiger partial charge is 0.393 e. The first-order valence-electron chi connectivity index (χ1n) is 11.3. The van der Waals surface area contributed by atoms with Crippen molar-refractivity contribution in [2.24, 2.45) is 5.73 Å². The van der Waals surface area contributed by atoms with Crippen molar-refractivity contribution < 1.29 is 13.6 Å². The molecule has 0 aromatic heterocycles. The summed E-state index contributed by atoms with van der Waals surface area (Å²) in [7, 11) is -2.21. The van der Waals surface area contributed by atoms with E-state index in [4.69, 9.17) is 19.3 Å². The summed E-state index contributed by atoms with van der Waals surface area (Å²) in [6.45, 7) is 11.4. The smallest absolute Gasteiger partial charge is 0.371 e. The summed E-state index contributed by atoms with van der Waals surface area (Å²) in [5.41, 5.74) is 6.81. The van der Waals surface area contributed by atoms with Crippen molar-refractivity contribution in [1.82, 2.24) is 0 Å². The first-order valence-corrected chi connectivity index (χ1v) is 13.3. The van der Waals surface area contributed by atoms with Gasteiger partial charge < -0.3 is 19.3 Å². The van der Waals surface area contributed by atoms with E-state index in [9.17, 15) is 0 Å². The average Bonchev–Trinajstić information content (AvgIpc) is 2.72. The zero-order valence-corrected chi connectivity index (χ0v) is 19.7. The molecule has 0 bridgehead atoms. The van der Waals surface area contributed by atoms with Crippen LogP contribution in [0.25, 0.3) is 0 Å². The van der Waals surface area contributed by atoms with Crippen LogP contribution in [-0.2, 0) is 20.0 Å². The van der Waals surface area contributed by atoms with Gasteiger partial charge in [0.05, 0.1) is 0 Å². The van der Waals surface area contributed by atoms with Crippen LogP contribution < -0.4 is 5.73 Å². The molecule has 0 aliphatic carbocycles. The highest BCUT2D eigenvalue weighted by molar-refractivity contribution is 6.70. The third kappa shape index (κ3) is 7.27. The molecule has 1 aromatic carbocycles. The average molecular weight is 410 g/mol. The lowest BCUT2D eigenvalue weighted by Crippen LogP contribution is -2.65. The van der Waals surface area contributed by atoms with Crippen molar-refractivity contribution in [2.45, 2.75) is 83.9 Å². The third-order valence-corrected chi connectivity index (χ3v) is 10.2. The molecule has 2 N–H and O–H groups in total. The Kier molecular flexibility index (Phi) is 12.9. The summed E-state index contributed by atoms with van der Waals surface area (Å²) in [5.74, 6) is 0. The van der Waals surface area contributed by atoms with Crippen LogP contribution in [0.2, 0.25) is 6.04 Å². The highest BCUT2D eigenvalue weighted by Gasteiger charge is 2.58. The first-order chi connectivity index (χ1) is 13.6.